The maximum absolute atomic E-state index is 12.2. The maximum Gasteiger partial charge on any atom is 0.407 e. The molecule has 0 radical (unpaired) electrons. The van der Waals surface area contributed by atoms with Crippen molar-refractivity contribution < 1.29 is 29.0 Å². The molecule has 0 aromatic carbocycles. The highest BCUT2D eigenvalue weighted by molar-refractivity contribution is 6.39. The number of ether oxygens (including phenoxy) is 1. The molecular weight excluding hydrogens is 318 g/mol. The minimum atomic E-state index is -1.30. The lowest BCUT2D eigenvalue weighted by atomic mass is 9.99. The average molecular weight is 343 g/mol. The maximum atomic E-state index is 12.2. The molecule has 0 spiro atoms. The first-order valence-corrected chi connectivity index (χ1v) is 7.75. The molecule has 3 atom stereocenters. The highest BCUT2D eigenvalue weighted by Crippen LogP contribution is 2.13. The van der Waals surface area contributed by atoms with Gasteiger partial charge in [-0.3, -0.25) is 14.4 Å². The first-order valence-electron chi connectivity index (χ1n) is 7.75. The van der Waals surface area contributed by atoms with E-state index in [1.165, 1.54) is 6.92 Å². The summed E-state index contributed by atoms with van der Waals surface area (Å²) in [7, 11) is 0. The molecule has 9 heteroatoms. The van der Waals surface area contributed by atoms with Crippen molar-refractivity contribution in [1.29, 1.82) is 0 Å². The van der Waals surface area contributed by atoms with Crippen molar-refractivity contribution >= 4 is 23.7 Å². The molecule has 1 heterocycles. The number of hydrogen-bond acceptors (Lipinski definition) is 6. The molecule has 1 rings (SSSR count). The highest BCUT2D eigenvalue weighted by atomic mass is 16.5. The molecule has 3 amide bonds. The molecule has 24 heavy (non-hydrogen) atoms. The fraction of sp³-hybridized carbons (Fsp3) is 0.733. The Bertz CT molecular complexity index is 512. The number of nitrogens with one attached hydrogen (secondary N) is 3. The van der Waals surface area contributed by atoms with Crippen LogP contribution in [-0.4, -0.2) is 60.1 Å². The van der Waals surface area contributed by atoms with Crippen LogP contribution in [0.25, 0.3) is 0 Å². The molecule has 0 saturated carbocycles. The molecule has 3 unspecified atom stereocenters. The second-order valence-corrected chi connectivity index (χ2v) is 6.97. The Morgan fingerprint density at radius 2 is 2.00 bits per heavy atom. The summed E-state index contributed by atoms with van der Waals surface area (Å²) in [6.45, 7) is 7.34. The number of rotatable bonds is 5. The summed E-state index contributed by atoms with van der Waals surface area (Å²) in [6, 6.07) is -2.27. The number of carbonyl (C=O) groups excluding carboxylic acids is 4. The lowest BCUT2D eigenvalue weighted by Crippen LogP contribution is -2.59. The van der Waals surface area contributed by atoms with Crippen LogP contribution in [0.3, 0.4) is 0 Å². The normalized spacial score (nSPS) is 20.6. The van der Waals surface area contributed by atoms with Gasteiger partial charge in [-0.1, -0.05) is 20.8 Å². The van der Waals surface area contributed by atoms with Crippen LogP contribution in [0.4, 0.5) is 4.79 Å². The second kappa shape index (κ2) is 8.09. The zero-order valence-electron chi connectivity index (χ0n) is 14.3. The third kappa shape index (κ3) is 6.15. The van der Waals surface area contributed by atoms with Gasteiger partial charge < -0.3 is 25.8 Å². The SMILES string of the molecule is CC(O)C(NC(=O)OCC(C)(C)C)C(=O)NC1CCNC(=O)C1=O. The lowest BCUT2D eigenvalue weighted by molar-refractivity contribution is -0.142. The Labute approximate surface area is 140 Å². The monoisotopic (exact) mass is 343 g/mol. The number of amides is 3. The van der Waals surface area contributed by atoms with E-state index in [-0.39, 0.29) is 25.0 Å². The third-order valence-corrected chi connectivity index (χ3v) is 3.25. The van der Waals surface area contributed by atoms with E-state index in [9.17, 15) is 24.3 Å². The smallest absolute Gasteiger partial charge is 0.407 e. The van der Waals surface area contributed by atoms with Crippen LogP contribution >= 0.6 is 0 Å². The summed E-state index contributed by atoms with van der Waals surface area (Å²) in [5.41, 5.74) is -0.248. The molecule has 136 valence electrons. The van der Waals surface area contributed by atoms with Gasteiger partial charge in [-0.05, 0) is 18.8 Å². The Morgan fingerprint density at radius 1 is 1.38 bits per heavy atom. The summed E-state index contributed by atoms with van der Waals surface area (Å²) < 4.78 is 4.99. The Kier molecular flexibility index (Phi) is 6.70. The molecule has 9 nitrogen and oxygen atoms in total. The average Bonchev–Trinajstić information content (AvgIpc) is 2.46. The van der Waals surface area contributed by atoms with E-state index in [1.807, 2.05) is 20.8 Å². The van der Waals surface area contributed by atoms with Gasteiger partial charge in [0.1, 0.15) is 6.04 Å². The second-order valence-electron chi connectivity index (χ2n) is 6.97. The summed E-state index contributed by atoms with van der Waals surface area (Å²) in [6.07, 6.45) is -1.81. The van der Waals surface area contributed by atoms with Crippen molar-refractivity contribution in [2.75, 3.05) is 13.2 Å². The van der Waals surface area contributed by atoms with Crippen molar-refractivity contribution in [1.82, 2.24) is 16.0 Å². The molecule has 0 aromatic heterocycles. The van der Waals surface area contributed by atoms with Gasteiger partial charge in [-0.2, -0.15) is 0 Å². The van der Waals surface area contributed by atoms with E-state index in [0.717, 1.165) is 0 Å². The van der Waals surface area contributed by atoms with Gasteiger partial charge in [0.15, 0.2) is 0 Å². The summed E-state index contributed by atoms with van der Waals surface area (Å²) >= 11 is 0. The van der Waals surface area contributed by atoms with E-state index < -0.39 is 41.9 Å². The summed E-state index contributed by atoms with van der Waals surface area (Å²) in [5.74, 6) is -2.28. The molecule has 0 aliphatic carbocycles. The van der Waals surface area contributed by atoms with Crippen LogP contribution in [0.5, 0.6) is 0 Å². The Balaban J connectivity index is 2.63. The van der Waals surface area contributed by atoms with Crippen LogP contribution in [0.2, 0.25) is 0 Å². The van der Waals surface area contributed by atoms with Gasteiger partial charge in [0.2, 0.25) is 11.7 Å². The van der Waals surface area contributed by atoms with Crippen LogP contribution in [0.1, 0.15) is 34.1 Å². The third-order valence-electron chi connectivity index (χ3n) is 3.25. The van der Waals surface area contributed by atoms with Gasteiger partial charge in [0, 0.05) is 6.54 Å². The number of hydrogen-bond donors (Lipinski definition) is 4. The molecular formula is C15H25N3O6. The molecule has 0 bridgehead atoms. The van der Waals surface area contributed by atoms with Gasteiger partial charge in [-0.15, -0.1) is 0 Å². The number of ketones is 1. The first-order chi connectivity index (χ1) is 11.0. The number of Topliss-reactive ketones (excluding diaryl/α,β-unsaturated/α-hetero) is 1. The quantitative estimate of drug-likeness (QED) is 0.477. The predicted molar refractivity (Wildman–Crippen MR) is 84.0 cm³/mol. The van der Waals surface area contributed by atoms with E-state index in [1.54, 1.807) is 0 Å². The van der Waals surface area contributed by atoms with Gasteiger partial charge in [-0.25, -0.2) is 4.79 Å². The Morgan fingerprint density at radius 3 is 2.54 bits per heavy atom. The fourth-order valence-electron chi connectivity index (χ4n) is 1.96. The zero-order valence-corrected chi connectivity index (χ0v) is 14.3. The molecule has 1 aliphatic heterocycles. The molecule has 4 N–H and O–H groups in total. The van der Waals surface area contributed by atoms with Gasteiger partial charge in [0.25, 0.3) is 5.91 Å². The minimum Gasteiger partial charge on any atom is -0.449 e. The molecule has 1 aliphatic rings. The minimum absolute atomic E-state index is 0.133. The number of aliphatic hydroxyl groups is 1. The number of aliphatic hydroxyl groups excluding tert-OH is 1. The standard InChI is InChI=1S/C15H25N3O6/c1-8(19)10(18-14(23)24-7-15(2,3)4)12(21)17-9-5-6-16-13(22)11(9)20/h8-10,19H,5-7H2,1-4H3,(H,16,22)(H,17,21)(H,18,23). The van der Waals surface area contributed by atoms with E-state index in [4.69, 9.17) is 4.74 Å². The highest BCUT2D eigenvalue weighted by Gasteiger charge is 2.34. The van der Waals surface area contributed by atoms with Crippen LogP contribution < -0.4 is 16.0 Å². The largest absolute Gasteiger partial charge is 0.449 e. The van der Waals surface area contributed by atoms with Gasteiger partial charge in [0.05, 0.1) is 18.8 Å². The Hall–Kier alpha value is -2.16. The zero-order chi connectivity index (χ0) is 18.5. The molecule has 0 aromatic rings. The number of alkyl carbamates (subject to hydrolysis) is 1. The summed E-state index contributed by atoms with van der Waals surface area (Å²) in [4.78, 5) is 47.0. The summed E-state index contributed by atoms with van der Waals surface area (Å²) in [5, 5.41) is 16.7. The first kappa shape index (κ1) is 19.9. The van der Waals surface area contributed by atoms with E-state index in [0.29, 0.717) is 0 Å². The van der Waals surface area contributed by atoms with Crippen LogP contribution in [0.15, 0.2) is 0 Å². The van der Waals surface area contributed by atoms with Crippen molar-refractivity contribution in [3.8, 4) is 0 Å². The van der Waals surface area contributed by atoms with E-state index >= 15 is 0 Å². The topological polar surface area (TPSA) is 134 Å². The van der Waals surface area contributed by atoms with Crippen molar-refractivity contribution in [2.24, 2.45) is 5.41 Å². The molecule has 1 fully saturated rings. The van der Waals surface area contributed by atoms with Crippen LogP contribution in [-0.2, 0) is 19.1 Å². The number of carbonyl (C=O) groups is 4. The number of piperidine rings is 1. The lowest BCUT2D eigenvalue weighted by Gasteiger charge is -2.26. The fourth-order valence-corrected chi connectivity index (χ4v) is 1.96. The predicted octanol–water partition coefficient (Wildman–Crippen LogP) is -0.918. The van der Waals surface area contributed by atoms with Gasteiger partial charge >= 0.3 is 6.09 Å². The molecule has 1 saturated heterocycles. The van der Waals surface area contributed by atoms with Crippen molar-refractivity contribution in [3.63, 3.8) is 0 Å². The van der Waals surface area contributed by atoms with E-state index in [2.05, 4.69) is 16.0 Å². The van der Waals surface area contributed by atoms with Crippen molar-refractivity contribution in [2.45, 2.75) is 52.3 Å². The van der Waals surface area contributed by atoms with Crippen LogP contribution in [0, 0.1) is 5.41 Å². The van der Waals surface area contributed by atoms with Crippen molar-refractivity contribution in [3.05, 3.63) is 0 Å².